The Morgan fingerprint density at radius 2 is 1.43 bits per heavy atom. The maximum Gasteiger partial charge on any atom is 0.500 e. The molecule has 0 fully saturated rings. The monoisotopic (exact) mass is 414 g/mol. The number of nitrogens with zero attached hydrogens (tertiary/aromatic N) is 1. The molecule has 1 aromatic heterocycles. The van der Waals surface area contributed by atoms with Crippen LogP contribution in [0.25, 0.3) is 0 Å². The number of amides is 1. The fourth-order valence-corrected chi connectivity index (χ4v) is 5.10. The zero-order valence-corrected chi connectivity index (χ0v) is 17.2. The number of nitrogens with one attached hydrogen (secondary N) is 1. The van der Waals surface area contributed by atoms with E-state index in [1.807, 2.05) is 20.8 Å². The van der Waals surface area contributed by atoms with Gasteiger partial charge in [0.25, 0.3) is 5.91 Å². The molecular formula is C17H26N2O8Si. The Balaban J connectivity index is 2.76. The van der Waals surface area contributed by atoms with E-state index in [9.17, 15) is 14.4 Å². The number of carboxylic acids is 2. The first-order valence-electron chi connectivity index (χ1n) is 8.97. The van der Waals surface area contributed by atoms with Gasteiger partial charge in [-0.1, -0.05) is 0 Å². The van der Waals surface area contributed by atoms with Crippen LogP contribution < -0.4 is 5.32 Å². The minimum absolute atomic E-state index is 0.0901. The van der Waals surface area contributed by atoms with E-state index in [1.165, 1.54) is 0 Å². The van der Waals surface area contributed by atoms with Gasteiger partial charge in [-0.25, -0.2) is 14.6 Å². The molecule has 1 amide bonds. The molecular weight excluding hydrogens is 388 g/mol. The van der Waals surface area contributed by atoms with E-state index in [4.69, 9.17) is 23.5 Å². The highest BCUT2D eigenvalue weighted by atomic mass is 28.4. The smallest absolute Gasteiger partial charge is 0.477 e. The largest absolute Gasteiger partial charge is 0.500 e. The normalized spacial score (nSPS) is 11.2. The summed E-state index contributed by atoms with van der Waals surface area (Å²) in [6, 6.07) is 2.56. The van der Waals surface area contributed by atoms with E-state index in [2.05, 4.69) is 10.3 Å². The van der Waals surface area contributed by atoms with Crippen LogP contribution in [0.4, 0.5) is 0 Å². The molecule has 0 radical (unpaired) electrons. The standard InChI is InChI=1S/C17H26N2O8Si/c1-4-25-28(26-5-2,27-6-3)9-7-8-18-15(20)12-10-13(16(21)22)19-14(11-12)17(23)24/h10-11H,4-9H2,1-3H3,(H,18,20)(H,21,22)(H,23,24). The summed E-state index contributed by atoms with van der Waals surface area (Å²) < 4.78 is 17.2. The fourth-order valence-electron chi connectivity index (χ4n) is 2.49. The highest BCUT2D eigenvalue weighted by Crippen LogP contribution is 2.18. The second-order valence-corrected chi connectivity index (χ2v) is 8.31. The molecule has 156 valence electrons. The molecule has 0 aliphatic carbocycles. The van der Waals surface area contributed by atoms with Gasteiger partial charge in [0, 0.05) is 38.0 Å². The first kappa shape index (κ1) is 23.7. The van der Waals surface area contributed by atoms with Gasteiger partial charge in [-0.3, -0.25) is 4.79 Å². The molecule has 1 rings (SSSR count). The molecule has 0 saturated heterocycles. The number of rotatable bonds is 13. The lowest BCUT2D eigenvalue weighted by molar-refractivity contribution is 0.0678. The number of aromatic carboxylic acids is 2. The SMILES string of the molecule is CCO[Si](CCCNC(=O)c1cc(C(=O)O)nc(C(=O)O)c1)(OCC)OCC. The molecule has 0 spiro atoms. The highest BCUT2D eigenvalue weighted by Gasteiger charge is 2.39. The van der Waals surface area contributed by atoms with Crippen molar-refractivity contribution in [2.75, 3.05) is 26.4 Å². The number of hydrogen-bond donors (Lipinski definition) is 3. The molecule has 0 aliphatic heterocycles. The number of hydrogen-bond acceptors (Lipinski definition) is 7. The quantitative estimate of drug-likeness (QED) is 0.324. The second kappa shape index (κ2) is 11.5. The number of carboxylic acid groups (broad SMARTS) is 2. The van der Waals surface area contributed by atoms with Crippen molar-refractivity contribution in [3.05, 3.63) is 29.1 Å². The lowest BCUT2D eigenvalue weighted by atomic mass is 10.1. The third-order valence-electron chi connectivity index (χ3n) is 3.56. The zero-order valence-electron chi connectivity index (χ0n) is 16.2. The maximum atomic E-state index is 12.3. The Morgan fingerprint density at radius 3 is 1.82 bits per heavy atom. The Labute approximate surface area is 164 Å². The lowest BCUT2D eigenvalue weighted by Gasteiger charge is -2.28. The molecule has 1 aromatic rings. The summed E-state index contributed by atoms with van der Waals surface area (Å²) >= 11 is 0. The van der Waals surface area contributed by atoms with Gasteiger partial charge in [0.05, 0.1) is 0 Å². The van der Waals surface area contributed by atoms with Gasteiger partial charge in [-0.05, 0) is 39.3 Å². The molecule has 11 heteroatoms. The molecule has 0 bridgehead atoms. The minimum atomic E-state index is -2.81. The summed E-state index contributed by atoms with van der Waals surface area (Å²) in [4.78, 5) is 37.9. The fraction of sp³-hybridized carbons (Fsp3) is 0.529. The molecule has 0 aliphatic rings. The van der Waals surface area contributed by atoms with Gasteiger partial charge in [0.15, 0.2) is 0 Å². The number of carbonyl (C=O) groups excluding carboxylic acids is 1. The number of pyridine rings is 1. The lowest BCUT2D eigenvalue weighted by Crippen LogP contribution is -2.46. The van der Waals surface area contributed by atoms with Crippen LogP contribution >= 0.6 is 0 Å². The molecule has 0 atom stereocenters. The van der Waals surface area contributed by atoms with Gasteiger partial charge in [0.2, 0.25) is 0 Å². The minimum Gasteiger partial charge on any atom is -0.477 e. The number of carbonyl (C=O) groups is 3. The van der Waals surface area contributed by atoms with E-state index in [1.54, 1.807) is 0 Å². The molecule has 0 aromatic carbocycles. The average Bonchev–Trinajstić information content (AvgIpc) is 2.65. The van der Waals surface area contributed by atoms with Crippen LogP contribution in [0, 0.1) is 0 Å². The Hall–Kier alpha value is -2.34. The first-order valence-corrected chi connectivity index (χ1v) is 10.9. The molecule has 0 unspecified atom stereocenters. The van der Waals surface area contributed by atoms with Gasteiger partial charge in [-0.15, -0.1) is 0 Å². The van der Waals surface area contributed by atoms with Crippen molar-refractivity contribution >= 4 is 26.7 Å². The summed E-state index contributed by atoms with van der Waals surface area (Å²) in [5.74, 6) is -3.43. The summed E-state index contributed by atoms with van der Waals surface area (Å²) in [5, 5.41) is 20.7. The van der Waals surface area contributed by atoms with E-state index < -0.39 is 38.0 Å². The first-order chi connectivity index (χ1) is 13.3. The molecule has 1 heterocycles. The number of aromatic nitrogens is 1. The molecule has 28 heavy (non-hydrogen) atoms. The zero-order chi connectivity index (χ0) is 21.2. The maximum absolute atomic E-state index is 12.3. The van der Waals surface area contributed by atoms with Crippen molar-refractivity contribution in [3.63, 3.8) is 0 Å². The molecule has 3 N–H and O–H groups in total. The van der Waals surface area contributed by atoms with Crippen LogP contribution in [0.5, 0.6) is 0 Å². The van der Waals surface area contributed by atoms with Crippen LogP contribution in [0.15, 0.2) is 12.1 Å². The van der Waals surface area contributed by atoms with Crippen molar-refractivity contribution in [1.82, 2.24) is 10.3 Å². The van der Waals surface area contributed by atoms with Gasteiger partial charge < -0.3 is 28.8 Å². The predicted octanol–water partition coefficient (Wildman–Crippen LogP) is 1.65. The summed E-state index contributed by atoms with van der Waals surface area (Å²) in [7, 11) is -2.81. The van der Waals surface area contributed by atoms with Crippen molar-refractivity contribution in [1.29, 1.82) is 0 Å². The summed E-state index contributed by atoms with van der Waals surface area (Å²) in [5.41, 5.74) is -1.12. The second-order valence-electron chi connectivity index (χ2n) is 5.58. The Morgan fingerprint density at radius 1 is 0.964 bits per heavy atom. The predicted molar refractivity (Wildman–Crippen MR) is 101 cm³/mol. The van der Waals surface area contributed by atoms with Crippen LogP contribution in [0.1, 0.15) is 58.5 Å². The topological polar surface area (TPSA) is 144 Å². The van der Waals surface area contributed by atoms with Crippen LogP contribution in [-0.2, 0) is 13.3 Å². The van der Waals surface area contributed by atoms with Crippen molar-refractivity contribution in [3.8, 4) is 0 Å². The van der Waals surface area contributed by atoms with Gasteiger partial charge in [0.1, 0.15) is 11.4 Å². The Kier molecular flexibility index (Phi) is 9.72. The average molecular weight is 414 g/mol. The van der Waals surface area contributed by atoms with E-state index in [-0.39, 0.29) is 12.1 Å². The van der Waals surface area contributed by atoms with Crippen LogP contribution in [0.3, 0.4) is 0 Å². The van der Waals surface area contributed by atoms with E-state index in [0.717, 1.165) is 12.1 Å². The van der Waals surface area contributed by atoms with Crippen LogP contribution in [-0.4, -0.2) is 68.2 Å². The third-order valence-corrected chi connectivity index (χ3v) is 6.72. The van der Waals surface area contributed by atoms with Crippen molar-refractivity contribution in [2.45, 2.75) is 33.2 Å². The summed E-state index contributed by atoms with van der Waals surface area (Å²) in [6.07, 6.45) is 0.515. The van der Waals surface area contributed by atoms with Crippen molar-refractivity contribution < 1.29 is 37.9 Å². The highest BCUT2D eigenvalue weighted by molar-refractivity contribution is 6.60. The van der Waals surface area contributed by atoms with Gasteiger partial charge in [-0.2, -0.15) is 0 Å². The molecule has 0 saturated carbocycles. The van der Waals surface area contributed by atoms with E-state index >= 15 is 0 Å². The molecule has 10 nitrogen and oxygen atoms in total. The Bertz CT molecular complexity index is 648. The van der Waals surface area contributed by atoms with Gasteiger partial charge >= 0.3 is 20.7 Å². The van der Waals surface area contributed by atoms with E-state index in [0.29, 0.717) is 32.3 Å². The van der Waals surface area contributed by atoms with Crippen molar-refractivity contribution in [2.24, 2.45) is 0 Å². The third kappa shape index (κ3) is 7.00. The summed E-state index contributed by atoms with van der Waals surface area (Å²) in [6.45, 7) is 7.16. The van der Waals surface area contributed by atoms with Crippen LogP contribution in [0.2, 0.25) is 6.04 Å².